The lowest BCUT2D eigenvalue weighted by atomic mass is 10.3. The van der Waals surface area contributed by atoms with Crippen LogP contribution in [0.2, 0.25) is 0 Å². The highest BCUT2D eigenvalue weighted by Crippen LogP contribution is 2.26. The lowest BCUT2D eigenvalue weighted by Crippen LogP contribution is -2.21. The number of ether oxygens (including phenoxy) is 2. The Balaban J connectivity index is 1.84. The van der Waals surface area contributed by atoms with E-state index in [2.05, 4.69) is 5.32 Å². The molecule has 2 heterocycles. The van der Waals surface area contributed by atoms with Crippen molar-refractivity contribution in [1.29, 1.82) is 0 Å². The molecule has 7 heteroatoms. The van der Waals surface area contributed by atoms with Crippen LogP contribution < -0.4 is 10.1 Å². The fraction of sp³-hybridized carbons (Fsp3) is 0.176. The first-order valence-corrected chi connectivity index (χ1v) is 8.09. The molecule has 0 aliphatic carbocycles. The van der Waals surface area contributed by atoms with Gasteiger partial charge in [-0.15, -0.1) is 11.3 Å². The summed E-state index contributed by atoms with van der Waals surface area (Å²) in [5.74, 6) is -0.0449. The van der Waals surface area contributed by atoms with Crippen LogP contribution in [0, 0.1) is 0 Å². The predicted octanol–water partition coefficient (Wildman–Crippen LogP) is 3.14. The van der Waals surface area contributed by atoms with E-state index < -0.39 is 5.97 Å². The number of fused-ring (bicyclic) bond motifs is 1. The zero-order valence-electron chi connectivity index (χ0n) is 13.2. The second kappa shape index (κ2) is 6.76. The van der Waals surface area contributed by atoms with E-state index in [1.807, 2.05) is 11.4 Å². The van der Waals surface area contributed by atoms with Gasteiger partial charge in [0.15, 0.2) is 0 Å². The molecule has 1 aromatic carbocycles. The van der Waals surface area contributed by atoms with Crippen LogP contribution in [0.3, 0.4) is 0 Å². The van der Waals surface area contributed by atoms with Gasteiger partial charge in [0, 0.05) is 17.1 Å². The zero-order chi connectivity index (χ0) is 17.1. The van der Waals surface area contributed by atoms with Gasteiger partial charge in [0.05, 0.1) is 14.2 Å². The fourth-order valence-electron chi connectivity index (χ4n) is 2.45. The van der Waals surface area contributed by atoms with Crippen LogP contribution in [0.15, 0.2) is 41.8 Å². The maximum Gasteiger partial charge on any atom is 0.354 e. The normalized spacial score (nSPS) is 10.6. The fourth-order valence-corrected chi connectivity index (χ4v) is 3.35. The van der Waals surface area contributed by atoms with E-state index in [1.165, 1.54) is 18.4 Å². The molecule has 0 atom stereocenters. The number of thiophene rings is 1. The Morgan fingerprint density at radius 1 is 1.21 bits per heavy atom. The number of rotatable bonds is 5. The van der Waals surface area contributed by atoms with Gasteiger partial charge in [-0.05, 0) is 29.6 Å². The largest absolute Gasteiger partial charge is 0.497 e. The van der Waals surface area contributed by atoms with Gasteiger partial charge in [-0.1, -0.05) is 6.07 Å². The Hall–Kier alpha value is -2.80. The summed E-state index contributed by atoms with van der Waals surface area (Å²) in [7, 11) is 2.89. The quantitative estimate of drug-likeness (QED) is 0.722. The molecule has 3 aromatic rings. The molecule has 124 valence electrons. The van der Waals surface area contributed by atoms with Crippen LogP contribution in [-0.4, -0.2) is 30.7 Å². The third-order valence-corrected chi connectivity index (χ3v) is 4.50. The van der Waals surface area contributed by atoms with Crippen molar-refractivity contribution in [2.75, 3.05) is 19.5 Å². The smallest absolute Gasteiger partial charge is 0.354 e. The molecule has 0 radical (unpaired) electrons. The van der Waals surface area contributed by atoms with E-state index in [0.29, 0.717) is 17.1 Å². The molecule has 0 aliphatic rings. The number of hydrogen-bond acceptors (Lipinski definition) is 5. The predicted molar refractivity (Wildman–Crippen MR) is 92.8 cm³/mol. The average Bonchev–Trinajstić information content (AvgIpc) is 3.17. The van der Waals surface area contributed by atoms with Crippen LogP contribution in [0.1, 0.15) is 10.5 Å². The summed E-state index contributed by atoms with van der Waals surface area (Å²) in [6.07, 6.45) is 0. The Morgan fingerprint density at radius 3 is 2.79 bits per heavy atom. The first-order chi connectivity index (χ1) is 11.6. The van der Waals surface area contributed by atoms with Gasteiger partial charge in [-0.3, -0.25) is 4.79 Å². The van der Waals surface area contributed by atoms with Crippen molar-refractivity contribution in [2.24, 2.45) is 0 Å². The zero-order valence-corrected chi connectivity index (χ0v) is 14.1. The Bertz CT molecular complexity index is 897. The standard InChI is InChI=1S/C17H16N2O4S/c1-22-13-5-3-4-12(9-13)18-15(20)10-19-14(17(21)23-2)8-11-6-7-24-16(11)19/h3-9H,10H2,1-2H3,(H,18,20). The van der Waals surface area contributed by atoms with Crippen LogP contribution in [0.5, 0.6) is 5.75 Å². The van der Waals surface area contributed by atoms with Crippen molar-refractivity contribution in [3.63, 3.8) is 0 Å². The minimum atomic E-state index is -0.465. The topological polar surface area (TPSA) is 69.6 Å². The molecule has 0 saturated carbocycles. The van der Waals surface area contributed by atoms with Crippen LogP contribution in [0.25, 0.3) is 10.2 Å². The first kappa shape index (κ1) is 16.1. The van der Waals surface area contributed by atoms with E-state index in [-0.39, 0.29) is 12.5 Å². The van der Waals surface area contributed by atoms with E-state index in [1.54, 1.807) is 42.0 Å². The lowest BCUT2D eigenvalue weighted by molar-refractivity contribution is -0.116. The summed E-state index contributed by atoms with van der Waals surface area (Å²) in [5.41, 5.74) is 0.994. The maximum atomic E-state index is 12.4. The van der Waals surface area contributed by atoms with E-state index in [4.69, 9.17) is 9.47 Å². The molecular formula is C17H16N2O4S. The summed E-state index contributed by atoms with van der Waals surface area (Å²) < 4.78 is 11.6. The summed E-state index contributed by atoms with van der Waals surface area (Å²) in [6.45, 7) is 0.0195. The monoisotopic (exact) mass is 344 g/mol. The Morgan fingerprint density at radius 2 is 2.04 bits per heavy atom. The molecule has 0 spiro atoms. The highest BCUT2D eigenvalue weighted by atomic mass is 32.1. The third-order valence-electron chi connectivity index (χ3n) is 3.55. The molecule has 6 nitrogen and oxygen atoms in total. The maximum absolute atomic E-state index is 12.4. The summed E-state index contributed by atoms with van der Waals surface area (Å²) in [5, 5.41) is 5.64. The van der Waals surface area contributed by atoms with Crippen molar-refractivity contribution in [2.45, 2.75) is 6.54 Å². The van der Waals surface area contributed by atoms with Gasteiger partial charge in [0.2, 0.25) is 5.91 Å². The highest BCUT2D eigenvalue weighted by Gasteiger charge is 2.19. The molecule has 0 aliphatic heterocycles. The SMILES string of the molecule is COC(=O)c1cc2ccsc2n1CC(=O)Nc1cccc(OC)c1. The molecule has 1 N–H and O–H groups in total. The molecule has 3 rings (SSSR count). The number of carbonyl (C=O) groups excluding carboxylic acids is 2. The van der Waals surface area contributed by atoms with Crippen molar-refractivity contribution in [3.8, 4) is 5.75 Å². The number of nitrogens with one attached hydrogen (secondary N) is 1. The number of amides is 1. The molecule has 0 bridgehead atoms. The third kappa shape index (κ3) is 3.11. The molecule has 0 unspecified atom stereocenters. The Labute approximate surface area is 142 Å². The number of aromatic nitrogens is 1. The molecular weight excluding hydrogens is 328 g/mol. The molecule has 0 fully saturated rings. The number of benzene rings is 1. The summed E-state index contributed by atoms with van der Waals surface area (Å²) >= 11 is 1.47. The van der Waals surface area contributed by atoms with Crippen molar-refractivity contribution >= 4 is 39.1 Å². The Kier molecular flexibility index (Phi) is 4.52. The van der Waals surface area contributed by atoms with Crippen LogP contribution >= 0.6 is 11.3 Å². The second-order valence-corrected chi connectivity index (χ2v) is 5.96. The lowest BCUT2D eigenvalue weighted by Gasteiger charge is -2.10. The number of esters is 1. The molecule has 2 aromatic heterocycles. The number of anilines is 1. The van der Waals surface area contributed by atoms with E-state index in [0.717, 1.165) is 10.2 Å². The minimum absolute atomic E-state index is 0.0195. The summed E-state index contributed by atoms with van der Waals surface area (Å²) in [6, 6.07) is 10.7. The minimum Gasteiger partial charge on any atom is -0.497 e. The number of carbonyl (C=O) groups is 2. The van der Waals surface area contributed by atoms with Gasteiger partial charge in [-0.2, -0.15) is 0 Å². The van der Waals surface area contributed by atoms with Gasteiger partial charge >= 0.3 is 5.97 Å². The van der Waals surface area contributed by atoms with Gasteiger partial charge in [-0.25, -0.2) is 4.79 Å². The first-order valence-electron chi connectivity index (χ1n) is 7.21. The van der Waals surface area contributed by atoms with Crippen molar-refractivity contribution in [3.05, 3.63) is 47.5 Å². The van der Waals surface area contributed by atoms with Gasteiger partial charge in [0.25, 0.3) is 0 Å². The number of methoxy groups -OCH3 is 2. The van der Waals surface area contributed by atoms with E-state index >= 15 is 0 Å². The molecule has 0 saturated heterocycles. The molecule has 1 amide bonds. The summed E-state index contributed by atoms with van der Waals surface area (Å²) in [4.78, 5) is 25.2. The highest BCUT2D eigenvalue weighted by molar-refractivity contribution is 7.16. The molecule has 24 heavy (non-hydrogen) atoms. The van der Waals surface area contributed by atoms with Gasteiger partial charge < -0.3 is 19.4 Å². The average molecular weight is 344 g/mol. The van der Waals surface area contributed by atoms with Gasteiger partial charge in [0.1, 0.15) is 22.8 Å². The van der Waals surface area contributed by atoms with Crippen LogP contribution in [0.4, 0.5) is 5.69 Å². The number of hydrogen-bond donors (Lipinski definition) is 1. The second-order valence-electron chi connectivity index (χ2n) is 5.07. The van der Waals surface area contributed by atoms with Crippen molar-refractivity contribution < 1.29 is 19.1 Å². The number of nitrogens with zero attached hydrogens (tertiary/aromatic N) is 1. The van der Waals surface area contributed by atoms with Crippen LogP contribution in [-0.2, 0) is 16.1 Å². The van der Waals surface area contributed by atoms with Crippen molar-refractivity contribution in [1.82, 2.24) is 4.57 Å². The van der Waals surface area contributed by atoms with E-state index in [9.17, 15) is 9.59 Å².